The van der Waals surface area contributed by atoms with Crippen molar-refractivity contribution in [1.82, 2.24) is 0 Å². The Balaban J connectivity index is 2.80. The SMILES string of the molecule is CCC(C(=O)OC(=O)Cl)c1ccccc1. The van der Waals surface area contributed by atoms with Gasteiger partial charge in [0.2, 0.25) is 0 Å². The van der Waals surface area contributed by atoms with Crippen LogP contribution in [0.5, 0.6) is 0 Å². The minimum atomic E-state index is -1.09. The second kappa shape index (κ2) is 5.51. The molecule has 1 atom stereocenters. The van der Waals surface area contributed by atoms with Gasteiger partial charge in [0.25, 0.3) is 0 Å². The maximum absolute atomic E-state index is 11.5. The largest absolute Gasteiger partial charge is 0.411 e. The lowest BCUT2D eigenvalue weighted by molar-refractivity contribution is -0.138. The first-order valence-corrected chi connectivity index (χ1v) is 4.99. The van der Waals surface area contributed by atoms with Crippen LogP contribution in [-0.4, -0.2) is 11.4 Å². The van der Waals surface area contributed by atoms with Crippen molar-refractivity contribution in [3.63, 3.8) is 0 Å². The van der Waals surface area contributed by atoms with Crippen molar-refractivity contribution in [3.8, 4) is 0 Å². The Morgan fingerprint density at radius 2 is 1.93 bits per heavy atom. The van der Waals surface area contributed by atoms with Gasteiger partial charge in [0.15, 0.2) is 0 Å². The van der Waals surface area contributed by atoms with E-state index in [2.05, 4.69) is 4.74 Å². The van der Waals surface area contributed by atoms with Crippen LogP contribution in [0.1, 0.15) is 24.8 Å². The summed E-state index contributed by atoms with van der Waals surface area (Å²) in [6.07, 6.45) is 0.563. The van der Waals surface area contributed by atoms with Crippen LogP contribution < -0.4 is 0 Å². The Kier molecular flexibility index (Phi) is 4.31. The molecule has 1 unspecified atom stereocenters. The molecule has 1 aromatic carbocycles. The predicted octanol–water partition coefficient (Wildman–Crippen LogP) is 3.08. The summed E-state index contributed by atoms with van der Waals surface area (Å²) in [4.78, 5) is 21.9. The molecule has 0 spiro atoms. The van der Waals surface area contributed by atoms with Crippen LogP contribution in [0.15, 0.2) is 30.3 Å². The summed E-state index contributed by atoms with van der Waals surface area (Å²) in [6, 6.07) is 9.14. The summed E-state index contributed by atoms with van der Waals surface area (Å²) >= 11 is 4.98. The first-order valence-electron chi connectivity index (χ1n) is 4.61. The van der Waals surface area contributed by atoms with Gasteiger partial charge in [-0.25, -0.2) is 4.79 Å². The Morgan fingerprint density at radius 3 is 2.40 bits per heavy atom. The van der Waals surface area contributed by atoms with Crippen molar-refractivity contribution in [3.05, 3.63) is 35.9 Å². The number of hydrogen-bond acceptors (Lipinski definition) is 3. The number of hydrogen-bond donors (Lipinski definition) is 0. The van der Waals surface area contributed by atoms with Gasteiger partial charge in [-0.15, -0.1) is 0 Å². The van der Waals surface area contributed by atoms with Gasteiger partial charge >= 0.3 is 11.4 Å². The predicted molar refractivity (Wildman–Crippen MR) is 56.8 cm³/mol. The zero-order chi connectivity index (χ0) is 11.3. The van der Waals surface area contributed by atoms with E-state index in [1.54, 1.807) is 0 Å². The third-order valence-electron chi connectivity index (χ3n) is 2.08. The molecule has 0 bridgehead atoms. The van der Waals surface area contributed by atoms with E-state index in [0.29, 0.717) is 6.42 Å². The topological polar surface area (TPSA) is 43.4 Å². The van der Waals surface area contributed by atoms with Crippen molar-refractivity contribution < 1.29 is 14.3 Å². The molecule has 0 aliphatic heterocycles. The highest BCUT2D eigenvalue weighted by atomic mass is 35.5. The van der Waals surface area contributed by atoms with Crippen LogP contribution in [0.2, 0.25) is 0 Å². The molecule has 1 rings (SSSR count). The lowest BCUT2D eigenvalue weighted by atomic mass is 9.97. The van der Waals surface area contributed by atoms with Crippen molar-refractivity contribution >= 4 is 23.0 Å². The molecule has 0 N–H and O–H groups in total. The molecule has 80 valence electrons. The van der Waals surface area contributed by atoms with Crippen LogP contribution in [0.3, 0.4) is 0 Å². The molecule has 0 aliphatic rings. The van der Waals surface area contributed by atoms with Gasteiger partial charge in [0, 0.05) is 11.6 Å². The lowest BCUT2D eigenvalue weighted by Crippen LogP contribution is -2.16. The van der Waals surface area contributed by atoms with Crippen LogP contribution in [0, 0.1) is 0 Å². The first kappa shape index (κ1) is 11.7. The van der Waals surface area contributed by atoms with E-state index < -0.39 is 17.3 Å². The van der Waals surface area contributed by atoms with Crippen LogP contribution in [-0.2, 0) is 9.53 Å². The average molecular weight is 227 g/mol. The van der Waals surface area contributed by atoms with Crippen molar-refractivity contribution in [2.24, 2.45) is 0 Å². The van der Waals surface area contributed by atoms with Gasteiger partial charge in [-0.05, 0) is 12.0 Å². The third kappa shape index (κ3) is 3.36. The van der Waals surface area contributed by atoms with E-state index in [9.17, 15) is 9.59 Å². The monoisotopic (exact) mass is 226 g/mol. The Labute approximate surface area is 93.0 Å². The average Bonchev–Trinajstić information content (AvgIpc) is 2.19. The molecule has 0 radical (unpaired) electrons. The molecule has 4 heteroatoms. The van der Waals surface area contributed by atoms with E-state index in [1.807, 2.05) is 37.3 Å². The van der Waals surface area contributed by atoms with Crippen LogP contribution >= 0.6 is 11.6 Å². The quantitative estimate of drug-likeness (QED) is 0.452. The van der Waals surface area contributed by atoms with E-state index in [4.69, 9.17) is 11.6 Å². The number of halogens is 1. The smallest absolute Gasteiger partial charge is 0.380 e. The standard InChI is InChI=1S/C11H11ClO3/c1-2-9(10(13)15-11(12)14)8-6-4-3-5-7-8/h3-7,9H,2H2,1H3. The van der Waals surface area contributed by atoms with Gasteiger partial charge in [0.05, 0.1) is 5.92 Å². The maximum Gasteiger partial charge on any atom is 0.411 e. The fourth-order valence-electron chi connectivity index (χ4n) is 1.37. The van der Waals surface area contributed by atoms with Crippen LogP contribution in [0.25, 0.3) is 0 Å². The summed E-state index contributed by atoms with van der Waals surface area (Å²) in [7, 11) is 0. The molecule has 1 aromatic rings. The molecule has 15 heavy (non-hydrogen) atoms. The highest BCUT2D eigenvalue weighted by Crippen LogP contribution is 2.20. The minimum absolute atomic E-state index is 0.436. The van der Waals surface area contributed by atoms with E-state index in [1.165, 1.54) is 0 Å². The lowest BCUT2D eigenvalue weighted by Gasteiger charge is -2.11. The summed E-state index contributed by atoms with van der Waals surface area (Å²) in [6.45, 7) is 1.84. The Bertz CT molecular complexity index is 348. The van der Waals surface area contributed by atoms with Gasteiger partial charge in [0.1, 0.15) is 0 Å². The number of rotatable bonds is 3. The molecule has 0 amide bonds. The van der Waals surface area contributed by atoms with E-state index in [0.717, 1.165) is 5.56 Å². The molecular formula is C11H11ClO3. The summed E-state index contributed by atoms with van der Waals surface area (Å²) in [5.74, 6) is -1.04. The number of benzene rings is 1. The zero-order valence-corrected chi connectivity index (χ0v) is 9.03. The zero-order valence-electron chi connectivity index (χ0n) is 8.27. The highest BCUT2D eigenvalue weighted by Gasteiger charge is 2.21. The second-order valence-corrected chi connectivity index (χ2v) is 3.34. The summed E-state index contributed by atoms with van der Waals surface area (Å²) in [5, 5.41) is 0. The van der Waals surface area contributed by atoms with Gasteiger partial charge in [-0.2, -0.15) is 0 Å². The maximum atomic E-state index is 11.5. The number of esters is 1. The number of carbonyl (C=O) groups excluding carboxylic acids is 2. The van der Waals surface area contributed by atoms with Crippen molar-refractivity contribution in [2.45, 2.75) is 19.3 Å². The Morgan fingerprint density at radius 1 is 1.33 bits per heavy atom. The highest BCUT2D eigenvalue weighted by molar-refractivity contribution is 6.61. The van der Waals surface area contributed by atoms with Gasteiger partial charge < -0.3 is 4.74 Å². The van der Waals surface area contributed by atoms with Crippen LogP contribution in [0.4, 0.5) is 4.79 Å². The summed E-state index contributed by atoms with van der Waals surface area (Å²) in [5.41, 5.74) is -0.266. The second-order valence-electron chi connectivity index (χ2n) is 3.03. The van der Waals surface area contributed by atoms with Crippen molar-refractivity contribution in [1.29, 1.82) is 0 Å². The van der Waals surface area contributed by atoms with Gasteiger partial charge in [-0.1, -0.05) is 37.3 Å². The molecule has 0 saturated heterocycles. The molecule has 0 aromatic heterocycles. The molecule has 0 saturated carbocycles. The third-order valence-corrected chi connectivity index (χ3v) is 2.15. The number of ether oxygens (including phenoxy) is 1. The fraction of sp³-hybridized carbons (Fsp3) is 0.273. The molecular weight excluding hydrogens is 216 g/mol. The molecule has 0 aliphatic carbocycles. The first-order chi connectivity index (χ1) is 7.15. The fourth-order valence-corrected chi connectivity index (χ4v) is 1.45. The van der Waals surface area contributed by atoms with Crippen molar-refractivity contribution in [2.75, 3.05) is 0 Å². The normalized spacial score (nSPS) is 11.9. The molecule has 0 heterocycles. The molecule has 3 nitrogen and oxygen atoms in total. The molecule has 0 fully saturated rings. The minimum Gasteiger partial charge on any atom is -0.380 e. The Hall–Kier alpha value is -1.35. The van der Waals surface area contributed by atoms with E-state index in [-0.39, 0.29) is 0 Å². The van der Waals surface area contributed by atoms with Gasteiger partial charge in [-0.3, -0.25) is 4.79 Å². The number of carbonyl (C=O) groups is 2. The van der Waals surface area contributed by atoms with E-state index >= 15 is 0 Å². The summed E-state index contributed by atoms with van der Waals surface area (Å²) < 4.78 is 4.35.